The highest BCUT2D eigenvalue weighted by Gasteiger charge is 2.17. The van der Waals surface area contributed by atoms with Gasteiger partial charge in [0.05, 0.1) is 11.4 Å². The van der Waals surface area contributed by atoms with Crippen LogP contribution in [0.1, 0.15) is 20.8 Å². The molecule has 0 aliphatic rings. The number of halogens is 1. The van der Waals surface area contributed by atoms with Crippen LogP contribution in [-0.2, 0) is 4.74 Å². The van der Waals surface area contributed by atoms with Crippen molar-refractivity contribution in [3.05, 3.63) is 24.0 Å². The maximum atomic E-state index is 13.3. The number of nitrogens with zero attached hydrogens (tertiary/aromatic N) is 3. The molecule has 0 aromatic heterocycles. The Hall–Kier alpha value is -3.13. The second kappa shape index (κ2) is 7.04. The summed E-state index contributed by atoms with van der Waals surface area (Å²) in [6, 6.07) is 6.62. The van der Waals surface area contributed by atoms with Crippen LogP contribution in [-0.4, -0.2) is 17.4 Å². The average molecular weight is 303 g/mol. The first-order valence-electron chi connectivity index (χ1n) is 6.18. The van der Waals surface area contributed by atoms with Crippen molar-refractivity contribution in [2.75, 3.05) is 10.7 Å². The fraction of sp³-hybridized carbons (Fsp3) is 0.286. The Morgan fingerprint density at radius 2 is 1.91 bits per heavy atom. The van der Waals surface area contributed by atoms with Crippen LogP contribution in [0.15, 0.2) is 23.3 Å². The Bertz CT molecular complexity index is 664. The van der Waals surface area contributed by atoms with Crippen molar-refractivity contribution in [2.45, 2.75) is 26.4 Å². The van der Waals surface area contributed by atoms with Gasteiger partial charge in [-0.3, -0.25) is 10.7 Å². The number of benzene rings is 1. The lowest BCUT2D eigenvalue weighted by Crippen LogP contribution is -2.27. The van der Waals surface area contributed by atoms with Crippen LogP contribution in [0.3, 0.4) is 0 Å². The molecule has 0 saturated heterocycles. The molecule has 2 N–H and O–H groups in total. The van der Waals surface area contributed by atoms with Gasteiger partial charge in [-0.15, -0.1) is 0 Å². The molecule has 0 heterocycles. The molecule has 0 saturated carbocycles. The topological polar surface area (TPSA) is 110 Å². The Kier molecular flexibility index (Phi) is 5.42. The monoisotopic (exact) mass is 303 g/mol. The third kappa shape index (κ3) is 5.47. The molecule has 8 heteroatoms. The number of hydrogen-bond acceptors (Lipinski definition) is 6. The van der Waals surface area contributed by atoms with E-state index < -0.39 is 23.2 Å². The molecule has 0 bridgehead atoms. The molecule has 22 heavy (non-hydrogen) atoms. The van der Waals surface area contributed by atoms with Crippen LogP contribution in [0.2, 0.25) is 0 Å². The standard InChI is InChI=1S/C14H14FN5O2/c1-14(2,3)22-13(21)18-12-6-9(15)4-5-11(12)20-19-10(7-16)8-17/h4-6,20H,1-3H3,(H,18,21). The number of hydrogen-bond donors (Lipinski definition) is 2. The van der Waals surface area contributed by atoms with E-state index in [0.717, 1.165) is 12.1 Å². The van der Waals surface area contributed by atoms with Crippen LogP contribution in [0.25, 0.3) is 0 Å². The second-order valence-electron chi connectivity index (χ2n) is 5.11. The van der Waals surface area contributed by atoms with Crippen molar-refractivity contribution in [2.24, 2.45) is 5.10 Å². The fourth-order valence-electron chi connectivity index (χ4n) is 1.32. The highest BCUT2D eigenvalue weighted by atomic mass is 19.1. The van der Waals surface area contributed by atoms with E-state index in [1.165, 1.54) is 6.07 Å². The van der Waals surface area contributed by atoms with Gasteiger partial charge in [0.25, 0.3) is 0 Å². The van der Waals surface area contributed by atoms with Gasteiger partial charge in [0, 0.05) is 0 Å². The zero-order valence-corrected chi connectivity index (χ0v) is 12.3. The molecule has 0 aliphatic carbocycles. The smallest absolute Gasteiger partial charge is 0.412 e. The summed E-state index contributed by atoms with van der Waals surface area (Å²) in [4.78, 5) is 11.7. The Balaban J connectivity index is 2.97. The molecule has 1 aromatic carbocycles. The predicted molar refractivity (Wildman–Crippen MR) is 78.5 cm³/mol. The first-order valence-corrected chi connectivity index (χ1v) is 6.18. The Morgan fingerprint density at radius 3 is 2.45 bits per heavy atom. The molecule has 0 unspecified atom stereocenters. The molecule has 0 atom stereocenters. The summed E-state index contributed by atoms with van der Waals surface area (Å²) in [6.45, 7) is 5.06. The maximum absolute atomic E-state index is 13.3. The SMILES string of the molecule is CC(C)(C)OC(=O)Nc1cc(F)ccc1NN=C(C#N)C#N. The fourth-order valence-corrected chi connectivity index (χ4v) is 1.32. The van der Waals surface area contributed by atoms with E-state index >= 15 is 0 Å². The molecular formula is C14H14FN5O2. The van der Waals surface area contributed by atoms with Gasteiger partial charge in [0.2, 0.25) is 5.71 Å². The molecule has 0 fully saturated rings. The van der Waals surface area contributed by atoms with Gasteiger partial charge >= 0.3 is 6.09 Å². The summed E-state index contributed by atoms with van der Waals surface area (Å²) in [5, 5.41) is 23.1. The molecule has 1 aromatic rings. The average Bonchev–Trinajstić information content (AvgIpc) is 2.39. The van der Waals surface area contributed by atoms with Crippen LogP contribution >= 0.6 is 0 Å². The van der Waals surface area contributed by atoms with Crippen molar-refractivity contribution >= 4 is 23.2 Å². The molecule has 114 valence electrons. The summed E-state index contributed by atoms with van der Waals surface area (Å²) in [6.07, 6.45) is -0.772. The van der Waals surface area contributed by atoms with Crippen molar-refractivity contribution in [3.63, 3.8) is 0 Å². The summed E-state index contributed by atoms with van der Waals surface area (Å²) >= 11 is 0. The number of ether oxygens (including phenoxy) is 1. The van der Waals surface area contributed by atoms with Crippen molar-refractivity contribution in [3.8, 4) is 12.1 Å². The van der Waals surface area contributed by atoms with Crippen LogP contribution < -0.4 is 10.7 Å². The van der Waals surface area contributed by atoms with E-state index in [9.17, 15) is 9.18 Å². The lowest BCUT2D eigenvalue weighted by molar-refractivity contribution is 0.0636. The normalized spacial score (nSPS) is 9.91. The van der Waals surface area contributed by atoms with Gasteiger partial charge < -0.3 is 4.74 Å². The lowest BCUT2D eigenvalue weighted by atomic mass is 10.2. The molecule has 0 aliphatic heterocycles. The summed E-state index contributed by atoms with van der Waals surface area (Å²) in [7, 11) is 0. The number of nitrogens with one attached hydrogen (secondary N) is 2. The largest absolute Gasteiger partial charge is 0.444 e. The first-order chi connectivity index (χ1) is 10.2. The van der Waals surface area contributed by atoms with Crippen molar-refractivity contribution in [1.29, 1.82) is 10.5 Å². The third-order valence-electron chi connectivity index (χ3n) is 2.12. The maximum Gasteiger partial charge on any atom is 0.412 e. The van der Waals surface area contributed by atoms with E-state index in [4.69, 9.17) is 15.3 Å². The number of carbonyl (C=O) groups excluding carboxylic acids is 1. The summed E-state index contributed by atoms with van der Waals surface area (Å²) < 4.78 is 18.4. The second-order valence-corrected chi connectivity index (χ2v) is 5.11. The summed E-state index contributed by atoms with van der Waals surface area (Å²) in [5.41, 5.74) is 1.56. The van der Waals surface area contributed by atoms with Gasteiger partial charge in [-0.1, -0.05) is 0 Å². The zero-order valence-electron chi connectivity index (χ0n) is 12.3. The quantitative estimate of drug-likeness (QED) is 0.658. The predicted octanol–water partition coefficient (Wildman–Crippen LogP) is 2.99. The van der Waals surface area contributed by atoms with E-state index in [1.807, 2.05) is 0 Å². The third-order valence-corrected chi connectivity index (χ3v) is 2.12. The number of rotatable bonds is 3. The van der Waals surface area contributed by atoms with Gasteiger partial charge in [-0.25, -0.2) is 9.18 Å². The Labute approximate surface area is 127 Å². The minimum absolute atomic E-state index is 0.0632. The van der Waals surface area contributed by atoms with Crippen molar-refractivity contribution in [1.82, 2.24) is 0 Å². The minimum Gasteiger partial charge on any atom is -0.444 e. The summed E-state index contributed by atoms with van der Waals surface area (Å²) in [5.74, 6) is -0.582. The minimum atomic E-state index is -0.772. The zero-order chi connectivity index (χ0) is 16.8. The highest BCUT2D eigenvalue weighted by Crippen LogP contribution is 2.23. The Morgan fingerprint density at radius 1 is 1.27 bits per heavy atom. The van der Waals surface area contributed by atoms with Crippen molar-refractivity contribution < 1.29 is 13.9 Å². The van der Waals surface area contributed by atoms with E-state index in [0.29, 0.717) is 0 Å². The lowest BCUT2D eigenvalue weighted by Gasteiger charge is -2.20. The van der Waals surface area contributed by atoms with Crippen LogP contribution in [0.4, 0.5) is 20.6 Å². The van der Waals surface area contributed by atoms with Gasteiger partial charge in [-0.2, -0.15) is 15.6 Å². The molecule has 1 amide bonds. The number of anilines is 2. The van der Waals surface area contributed by atoms with E-state index in [-0.39, 0.29) is 11.4 Å². The van der Waals surface area contributed by atoms with Gasteiger partial charge in [0.1, 0.15) is 23.6 Å². The molecular weight excluding hydrogens is 289 g/mol. The van der Waals surface area contributed by atoms with Gasteiger partial charge in [-0.05, 0) is 39.0 Å². The van der Waals surface area contributed by atoms with Crippen LogP contribution in [0, 0.1) is 28.5 Å². The van der Waals surface area contributed by atoms with Crippen LogP contribution in [0.5, 0.6) is 0 Å². The number of hydrazone groups is 1. The molecule has 0 radical (unpaired) electrons. The first kappa shape index (κ1) is 16.9. The van der Waals surface area contributed by atoms with Gasteiger partial charge in [0.15, 0.2) is 0 Å². The molecule has 7 nitrogen and oxygen atoms in total. The number of nitriles is 2. The van der Waals surface area contributed by atoms with E-state index in [2.05, 4.69) is 15.8 Å². The number of carbonyl (C=O) groups is 1. The number of amides is 1. The molecule has 1 rings (SSSR count). The highest BCUT2D eigenvalue weighted by molar-refractivity contribution is 6.10. The van der Waals surface area contributed by atoms with E-state index in [1.54, 1.807) is 32.9 Å². The molecule has 0 spiro atoms.